The summed E-state index contributed by atoms with van der Waals surface area (Å²) in [5.41, 5.74) is 1.66. The number of ether oxygens (including phenoxy) is 2. The fourth-order valence-electron chi connectivity index (χ4n) is 3.68. The summed E-state index contributed by atoms with van der Waals surface area (Å²) in [5, 5.41) is 2.82. The molecule has 0 spiro atoms. The van der Waals surface area contributed by atoms with Crippen LogP contribution >= 0.6 is 0 Å². The van der Waals surface area contributed by atoms with Gasteiger partial charge in [-0.15, -0.1) is 0 Å². The van der Waals surface area contributed by atoms with Crippen LogP contribution in [-0.4, -0.2) is 51.4 Å². The molecule has 1 fully saturated rings. The highest BCUT2D eigenvalue weighted by molar-refractivity contribution is 7.89. The molecule has 9 heteroatoms. The fourth-order valence-corrected chi connectivity index (χ4v) is 5.29. The number of amides is 1. The first kappa shape index (κ1) is 23.7. The molecule has 1 atom stereocenters. The van der Waals surface area contributed by atoms with Crippen molar-refractivity contribution in [2.45, 2.75) is 31.6 Å². The van der Waals surface area contributed by atoms with E-state index in [0.717, 1.165) is 5.56 Å². The van der Waals surface area contributed by atoms with Crippen LogP contribution in [0, 0.1) is 12.8 Å². The van der Waals surface area contributed by atoms with Gasteiger partial charge in [0.05, 0.1) is 30.1 Å². The number of benzene rings is 2. The van der Waals surface area contributed by atoms with Crippen molar-refractivity contribution in [1.29, 1.82) is 0 Å². The Kier molecular flexibility index (Phi) is 7.52. The van der Waals surface area contributed by atoms with Gasteiger partial charge >= 0.3 is 5.97 Å². The molecule has 1 aliphatic rings. The first-order chi connectivity index (χ1) is 15.3. The minimum atomic E-state index is -3.72. The zero-order valence-corrected chi connectivity index (χ0v) is 19.3. The van der Waals surface area contributed by atoms with Crippen molar-refractivity contribution >= 4 is 27.6 Å². The molecule has 0 aliphatic carbocycles. The Morgan fingerprint density at radius 2 is 1.88 bits per heavy atom. The lowest BCUT2D eigenvalue weighted by molar-refractivity contribution is -0.120. The van der Waals surface area contributed by atoms with Crippen LogP contribution < -0.4 is 10.1 Å². The third-order valence-electron chi connectivity index (χ3n) is 5.42. The summed E-state index contributed by atoms with van der Waals surface area (Å²) < 4.78 is 37.8. The molecule has 1 aliphatic heterocycles. The number of nitrogens with one attached hydrogen (secondary N) is 1. The Balaban J connectivity index is 1.68. The summed E-state index contributed by atoms with van der Waals surface area (Å²) in [6.45, 7) is 4.29. The second-order valence-corrected chi connectivity index (χ2v) is 9.56. The van der Waals surface area contributed by atoms with E-state index in [-0.39, 0.29) is 24.0 Å². The van der Waals surface area contributed by atoms with Gasteiger partial charge in [0.15, 0.2) is 0 Å². The Bertz CT molecular complexity index is 1080. The quantitative estimate of drug-likeness (QED) is 0.637. The molecule has 0 unspecified atom stereocenters. The monoisotopic (exact) mass is 460 g/mol. The molecular formula is C23H28N2O6S. The zero-order valence-electron chi connectivity index (χ0n) is 18.5. The predicted molar refractivity (Wildman–Crippen MR) is 120 cm³/mol. The van der Waals surface area contributed by atoms with Crippen LogP contribution in [0.3, 0.4) is 0 Å². The molecule has 1 N–H and O–H groups in total. The van der Waals surface area contributed by atoms with E-state index in [1.165, 1.54) is 17.5 Å². The highest BCUT2D eigenvalue weighted by atomic mass is 32.2. The van der Waals surface area contributed by atoms with Crippen LogP contribution in [0.2, 0.25) is 0 Å². The first-order valence-corrected chi connectivity index (χ1v) is 11.9. The number of carbonyl (C=O) groups is 2. The molecule has 3 rings (SSSR count). The SMILES string of the molecule is CCOC(=O)c1ccc(NC(=O)[C@@H]2CCCN(S(=O)(=O)c3ccc(OC)c(C)c3)C2)cc1. The second-order valence-electron chi connectivity index (χ2n) is 7.62. The van der Waals surface area contributed by atoms with Gasteiger partial charge in [-0.25, -0.2) is 13.2 Å². The highest BCUT2D eigenvalue weighted by Gasteiger charge is 2.33. The molecule has 1 saturated heterocycles. The number of esters is 1. The standard InChI is InChI=1S/C23H28N2O6S/c1-4-31-23(27)17-7-9-19(10-8-17)24-22(26)18-6-5-13-25(15-18)32(28,29)20-11-12-21(30-3)16(2)14-20/h7-12,14,18H,4-6,13,15H2,1-3H3,(H,24,26)/t18-/m1/s1. The summed E-state index contributed by atoms with van der Waals surface area (Å²) in [6, 6.07) is 11.2. The number of anilines is 1. The van der Waals surface area contributed by atoms with Gasteiger partial charge in [0.2, 0.25) is 15.9 Å². The van der Waals surface area contributed by atoms with E-state index in [0.29, 0.717) is 36.4 Å². The van der Waals surface area contributed by atoms with Crippen LogP contribution in [-0.2, 0) is 19.6 Å². The summed E-state index contributed by atoms with van der Waals surface area (Å²) in [4.78, 5) is 24.7. The number of carbonyl (C=O) groups excluding carboxylic acids is 2. The Morgan fingerprint density at radius 1 is 1.16 bits per heavy atom. The molecule has 0 bridgehead atoms. The molecule has 1 amide bonds. The Hall–Kier alpha value is -2.91. The summed E-state index contributed by atoms with van der Waals surface area (Å²) in [7, 11) is -2.19. The molecule has 0 radical (unpaired) electrons. The normalized spacial score (nSPS) is 16.9. The number of piperidine rings is 1. The number of hydrogen-bond acceptors (Lipinski definition) is 6. The van der Waals surface area contributed by atoms with Crippen molar-refractivity contribution in [3.63, 3.8) is 0 Å². The maximum atomic E-state index is 13.1. The van der Waals surface area contributed by atoms with E-state index in [1.807, 2.05) is 0 Å². The van der Waals surface area contributed by atoms with Crippen LogP contribution in [0.5, 0.6) is 5.75 Å². The van der Waals surface area contributed by atoms with Gasteiger partial charge in [-0.2, -0.15) is 4.31 Å². The molecule has 0 saturated carbocycles. The molecule has 0 aromatic heterocycles. The van der Waals surface area contributed by atoms with Gasteiger partial charge < -0.3 is 14.8 Å². The van der Waals surface area contributed by atoms with Gasteiger partial charge in [0, 0.05) is 18.8 Å². The van der Waals surface area contributed by atoms with Gasteiger partial charge in [-0.3, -0.25) is 4.79 Å². The highest BCUT2D eigenvalue weighted by Crippen LogP contribution is 2.27. The van der Waals surface area contributed by atoms with Gasteiger partial charge in [-0.1, -0.05) is 0 Å². The third kappa shape index (κ3) is 5.28. The largest absolute Gasteiger partial charge is 0.496 e. The topological polar surface area (TPSA) is 102 Å². The number of methoxy groups -OCH3 is 1. The van der Waals surface area contributed by atoms with Gasteiger partial charge in [0.25, 0.3) is 0 Å². The van der Waals surface area contributed by atoms with E-state index in [2.05, 4.69) is 5.32 Å². The molecule has 2 aromatic carbocycles. The fraction of sp³-hybridized carbons (Fsp3) is 0.391. The van der Waals surface area contributed by atoms with Crippen molar-refractivity contribution in [1.82, 2.24) is 4.31 Å². The predicted octanol–water partition coefficient (Wildman–Crippen LogP) is 3.22. The summed E-state index contributed by atoms with van der Waals surface area (Å²) in [5.74, 6) is -0.525. The van der Waals surface area contributed by atoms with E-state index >= 15 is 0 Å². The van der Waals surface area contributed by atoms with Crippen molar-refractivity contribution in [2.24, 2.45) is 5.92 Å². The van der Waals surface area contributed by atoms with Crippen molar-refractivity contribution < 1.29 is 27.5 Å². The average Bonchev–Trinajstić information content (AvgIpc) is 2.79. The zero-order chi connectivity index (χ0) is 23.3. The number of sulfonamides is 1. The van der Waals surface area contributed by atoms with Crippen molar-refractivity contribution in [3.05, 3.63) is 53.6 Å². The maximum Gasteiger partial charge on any atom is 0.338 e. The van der Waals surface area contributed by atoms with Crippen molar-refractivity contribution in [3.8, 4) is 5.75 Å². The second kappa shape index (κ2) is 10.1. The van der Waals surface area contributed by atoms with Crippen LogP contribution in [0.15, 0.2) is 47.4 Å². The lowest BCUT2D eigenvalue weighted by atomic mass is 9.98. The lowest BCUT2D eigenvalue weighted by Gasteiger charge is -2.31. The van der Waals surface area contributed by atoms with Gasteiger partial charge in [0.1, 0.15) is 5.75 Å². The average molecular weight is 461 g/mol. The Morgan fingerprint density at radius 3 is 2.50 bits per heavy atom. The minimum Gasteiger partial charge on any atom is -0.496 e. The smallest absolute Gasteiger partial charge is 0.338 e. The number of rotatable bonds is 7. The number of hydrogen-bond donors (Lipinski definition) is 1. The van der Waals surface area contributed by atoms with Crippen LogP contribution in [0.1, 0.15) is 35.7 Å². The number of aryl methyl sites for hydroxylation is 1. The summed E-state index contributed by atoms with van der Waals surface area (Å²) in [6.07, 6.45) is 1.19. The maximum absolute atomic E-state index is 13.1. The molecule has 8 nitrogen and oxygen atoms in total. The number of nitrogens with zero attached hydrogens (tertiary/aromatic N) is 1. The lowest BCUT2D eigenvalue weighted by Crippen LogP contribution is -2.43. The molecule has 32 heavy (non-hydrogen) atoms. The Labute approximate surface area is 188 Å². The summed E-state index contributed by atoms with van der Waals surface area (Å²) >= 11 is 0. The molecular weight excluding hydrogens is 432 g/mol. The first-order valence-electron chi connectivity index (χ1n) is 10.5. The van der Waals surface area contributed by atoms with Gasteiger partial charge in [-0.05, 0) is 74.7 Å². The minimum absolute atomic E-state index is 0.111. The van der Waals surface area contributed by atoms with Crippen LogP contribution in [0.25, 0.3) is 0 Å². The third-order valence-corrected chi connectivity index (χ3v) is 7.28. The molecule has 2 aromatic rings. The van der Waals surface area contributed by atoms with E-state index < -0.39 is 21.9 Å². The molecule has 1 heterocycles. The van der Waals surface area contributed by atoms with Crippen molar-refractivity contribution in [2.75, 3.05) is 32.1 Å². The molecule has 172 valence electrons. The van der Waals surface area contributed by atoms with E-state index in [9.17, 15) is 18.0 Å². The van der Waals surface area contributed by atoms with Crippen LogP contribution in [0.4, 0.5) is 5.69 Å². The van der Waals surface area contributed by atoms with E-state index in [4.69, 9.17) is 9.47 Å². The van der Waals surface area contributed by atoms with E-state index in [1.54, 1.807) is 50.2 Å².